The van der Waals surface area contributed by atoms with E-state index in [1.165, 1.54) is 5.56 Å². The third kappa shape index (κ3) is 1.95. The van der Waals surface area contributed by atoms with Crippen molar-refractivity contribution >= 4 is 11.6 Å². The van der Waals surface area contributed by atoms with Crippen LogP contribution in [0.15, 0.2) is 18.2 Å². The zero-order valence-corrected chi connectivity index (χ0v) is 9.86. The number of aryl methyl sites for hydroxylation is 2. The Labute approximate surface area is 96.2 Å². The highest BCUT2D eigenvalue weighted by atomic mass is 16.2. The van der Waals surface area contributed by atoms with Crippen molar-refractivity contribution < 1.29 is 4.79 Å². The minimum atomic E-state index is -0.325. The van der Waals surface area contributed by atoms with E-state index >= 15 is 0 Å². The third-order valence-corrected chi connectivity index (χ3v) is 3.14. The quantitative estimate of drug-likeness (QED) is 0.780. The van der Waals surface area contributed by atoms with Crippen molar-refractivity contribution in [3.63, 3.8) is 0 Å². The van der Waals surface area contributed by atoms with E-state index < -0.39 is 0 Å². The highest BCUT2D eigenvalue weighted by Gasteiger charge is 2.27. The molecule has 1 atom stereocenters. The minimum Gasteiger partial charge on any atom is -0.320 e. The van der Waals surface area contributed by atoms with Gasteiger partial charge >= 0.3 is 0 Å². The van der Waals surface area contributed by atoms with Gasteiger partial charge in [-0.2, -0.15) is 0 Å². The lowest BCUT2D eigenvalue weighted by atomic mass is 10.0. The van der Waals surface area contributed by atoms with Crippen molar-refractivity contribution in [3.8, 4) is 0 Å². The average Bonchev–Trinajstić information content (AvgIpc) is 2.26. The van der Waals surface area contributed by atoms with E-state index in [-0.39, 0.29) is 11.9 Å². The summed E-state index contributed by atoms with van der Waals surface area (Å²) in [4.78, 5) is 13.8. The minimum absolute atomic E-state index is 0.0555. The standard InChI is InChI=1S/C13H18N2O/c1-9-5-6-10(2)12(8-9)15-7-3-4-11(14)13(15)16/h5-6,8,11H,3-4,7,14H2,1-2H3. The number of hydrogen-bond acceptors (Lipinski definition) is 2. The van der Waals surface area contributed by atoms with Gasteiger partial charge in [-0.05, 0) is 43.9 Å². The van der Waals surface area contributed by atoms with E-state index in [2.05, 4.69) is 18.2 Å². The van der Waals surface area contributed by atoms with E-state index in [1.54, 1.807) is 0 Å². The van der Waals surface area contributed by atoms with E-state index in [0.29, 0.717) is 0 Å². The number of hydrogen-bond donors (Lipinski definition) is 1. The first-order chi connectivity index (χ1) is 7.59. The Kier molecular flexibility index (Phi) is 2.97. The molecule has 1 heterocycles. The molecule has 3 heteroatoms. The summed E-state index contributed by atoms with van der Waals surface area (Å²) in [7, 11) is 0. The lowest BCUT2D eigenvalue weighted by Gasteiger charge is -2.31. The van der Waals surface area contributed by atoms with Crippen LogP contribution in [0.3, 0.4) is 0 Å². The van der Waals surface area contributed by atoms with Gasteiger partial charge in [-0.15, -0.1) is 0 Å². The van der Waals surface area contributed by atoms with Crippen LogP contribution in [-0.4, -0.2) is 18.5 Å². The molecule has 1 aliphatic rings. The fourth-order valence-electron chi connectivity index (χ4n) is 2.15. The maximum atomic E-state index is 12.0. The Hall–Kier alpha value is -1.35. The number of benzene rings is 1. The Bertz CT molecular complexity index is 414. The van der Waals surface area contributed by atoms with Crippen LogP contribution in [0.4, 0.5) is 5.69 Å². The summed E-state index contributed by atoms with van der Waals surface area (Å²) in [6.45, 7) is 4.86. The first-order valence-electron chi connectivity index (χ1n) is 5.74. The second-order valence-corrected chi connectivity index (χ2v) is 4.53. The molecule has 1 fully saturated rings. The van der Waals surface area contributed by atoms with E-state index in [9.17, 15) is 4.79 Å². The molecule has 1 aromatic rings. The molecular weight excluding hydrogens is 200 g/mol. The van der Waals surface area contributed by atoms with Crippen LogP contribution in [0, 0.1) is 13.8 Å². The van der Waals surface area contributed by atoms with Crippen LogP contribution in [-0.2, 0) is 4.79 Å². The van der Waals surface area contributed by atoms with Gasteiger partial charge in [0.1, 0.15) is 0 Å². The lowest BCUT2D eigenvalue weighted by Crippen LogP contribution is -2.48. The van der Waals surface area contributed by atoms with Crippen LogP contribution in [0.5, 0.6) is 0 Å². The summed E-state index contributed by atoms with van der Waals surface area (Å²) in [5.74, 6) is 0.0555. The zero-order valence-electron chi connectivity index (χ0n) is 9.86. The summed E-state index contributed by atoms with van der Waals surface area (Å²) in [6.07, 6.45) is 1.79. The van der Waals surface area contributed by atoms with E-state index in [0.717, 1.165) is 30.6 Å². The second kappa shape index (κ2) is 4.26. The molecule has 16 heavy (non-hydrogen) atoms. The fourth-order valence-corrected chi connectivity index (χ4v) is 2.15. The zero-order chi connectivity index (χ0) is 11.7. The van der Waals surface area contributed by atoms with Gasteiger partial charge in [-0.25, -0.2) is 0 Å². The Morgan fingerprint density at radius 3 is 2.88 bits per heavy atom. The molecule has 0 saturated carbocycles. The van der Waals surface area contributed by atoms with Gasteiger partial charge in [0.25, 0.3) is 0 Å². The summed E-state index contributed by atoms with van der Waals surface area (Å²) in [6, 6.07) is 5.85. The summed E-state index contributed by atoms with van der Waals surface area (Å²) in [5, 5.41) is 0. The summed E-state index contributed by atoms with van der Waals surface area (Å²) in [5.41, 5.74) is 9.12. The van der Waals surface area contributed by atoms with Gasteiger partial charge in [0.15, 0.2) is 0 Å². The summed E-state index contributed by atoms with van der Waals surface area (Å²) >= 11 is 0. The molecule has 1 unspecified atom stereocenters. The molecule has 86 valence electrons. The molecule has 0 radical (unpaired) electrons. The van der Waals surface area contributed by atoms with Crippen molar-refractivity contribution in [2.45, 2.75) is 32.7 Å². The number of carbonyl (C=O) groups is 1. The van der Waals surface area contributed by atoms with Crippen LogP contribution in [0.2, 0.25) is 0 Å². The number of anilines is 1. The highest BCUT2D eigenvalue weighted by Crippen LogP contribution is 2.25. The first kappa shape index (κ1) is 11.1. The van der Waals surface area contributed by atoms with Gasteiger partial charge < -0.3 is 10.6 Å². The monoisotopic (exact) mass is 218 g/mol. The first-order valence-corrected chi connectivity index (χ1v) is 5.74. The van der Waals surface area contributed by atoms with Crippen LogP contribution < -0.4 is 10.6 Å². The van der Waals surface area contributed by atoms with Gasteiger partial charge in [0.2, 0.25) is 5.91 Å². The molecule has 1 amide bonds. The van der Waals surface area contributed by atoms with Crippen molar-refractivity contribution in [2.24, 2.45) is 5.73 Å². The second-order valence-electron chi connectivity index (χ2n) is 4.53. The molecule has 1 aromatic carbocycles. The van der Waals surface area contributed by atoms with Gasteiger partial charge in [-0.3, -0.25) is 4.79 Å². The molecular formula is C13H18N2O. The molecule has 1 saturated heterocycles. The third-order valence-electron chi connectivity index (χ3n) is 3.14. The SMILES string of the molecule is Cc1ccc(C)c(N2CCCC(N)C2=O)c1. The fraction of sp³-hybridized carbons (Fsp3) is 0.462. The predicted octanol–water partition coefficient (Wildman–Crippen LogP) is 1.76. The van der Waals surface area contributed by atoms with Crippen molar-refractivity contribution in [2.75, 3.05) is 11.4 Å². The molecule has 1 aliphatic heterocycles. The largest absolute Gasteiger partial charge is 0.320 e. The van der Waals surface area contributed by atoms with Gasteiger partial charge in [0, 0.05) is 12.2 Å². The van der Waals surface area contributed by atoms with E-state index in [4.69, 9.17) is 5.73 Å². The van der Waals surface area contributed by atoms with Crippen LogP contribution in [0.25, 0.3) is 0 Å². The normalized spacial score (nSPS) is 21.3. The number of piperidine rings is 1. The average molecular weight is 218 g/mol. The number of amides is 1. The van der Waals surface area contributed by atoms with Gasteiger partial charge in [0.05, 0.1) is 6.04 Å². The molecule has 0 bridgehead atoms. The molecule has 0 aliphatic carbocycles. The topological polar surface area (TPSA) is 46.3 Å². The highest BCUT2D eigenvalue weighted by molar-refractivity contribution is 5.98. The van der Waals surface area contributed by atoms with Gasteiger partial charge in [-0.1, -0.05) is 12.1 Å². The van der Waals surface area contributed by atoms with Crippen molar-refractivity contribution in [1.82, 2.24) is 0 Å². The Morgan fingerprint density at radius 2 is 2.12 bits per heavy atom. The number of nitrogens with two attached hydrogens (primary N) is 1. The van der Waals surface area contributed by atoms with Crippen molar-refractivity contribution in [1.29, 1.82) is 0 Å². The molecule has 0 aromatic heterocycles. The number of nitrogens with zero attached hydrogens (tertiary/aromatic N) is 1. The van der Waals surface area contributed by atoms with Crippen LogP contribution in [0.1, 0.15) is 24.0 Å². The smallest absolute Gasteiger partial charge is 0.243 e. The summed E-state index contributed by atoms with van der Waals surface area (Å²) < 4.78 is 0. The maximum Gasteiger partial charge on any atom is 0.243 e. The van der Waals surface area contributed by atoms with Crippen LogP contribution >= 0.6 is 0 Å². The Morgan fingerprint density at radius 1 is 1.38 bits per heavy atom. The van der Waals surface area contributed by atoms with E-state index in [1.807, 2.05) is 18.7 Å². The van der Waals surface area contributed by atoms with Crippen molar-refractivity contribution in [3.05, 3.63) is 29.3 Å². The molecule has 2 N–H and O–H groups in total. The number of rotatable bonds is 1. The molecule has 2 rings (SSSR count). The molecule has 3 nitrogen and oxygen atoms in total. The number of carbonyl (C=O) groups excluding carboxylic acids is 1. The maximum absolute atomic E-state index is 12.0. The Balaban J connectivity index is 2.35. The predicted molar refractivity (Wildman–Crippen MR) is 65.5 cm³/mol. The molecule has 0 spiro atoms. The lowest BCUT2D eigenvalue weighted by molar-refractivity contribution is -0.120.